The molecule has 1 aliphatic rings. The summed E-state index contributed by atoms with van der Waals surface area (Å²) in [4.78, 5) is 16.1. The predicted octanol–water partition coefficient (Wildman–Crippen LogP) is 4.54. The standard InChI is InChI=1S/C18H11BrF3NO4/c1-25-15-8-9(2-5-14(15)26-18(21)22)16-23-13(17(24)27-16)7-10-6-11(19)3-4-12(10)20/h2-8,18H,1H3/b13-7-. The molecular formula is C18H11BrF3NO4. The summed E-state index contributed by atoms with van der Waals surface area (Å²) in [5.74, 6) is -1.52. The van der Waals surface area contributed by atoms with E-state index in [1.54, 1.807) is 0 Å². The van der Waals surface area contributed by atoms with Crippen molar-refractivity contribution < 1.29 is 32.2 Å². The van der Waals surface area contributed by atoms with E-state index in [-0.39, 0.29) is 28.7 Å². The number of ether oxygens (including phenoxy) is 3. The second-order valence-electron chi connectivity index (χ2n) is 5.25. The highest BCUT2D eigenvalue weighted by Gasteiger charge is 2.25. The Labute approximate surface area is 160 Å². The van der Waals surface area contributed by atoms with Gasteiger partial charge in [0, 0.05) is 15.6 Å². The van der Waals surface area contributed by atoms with Gasteiger partial charge in [0.1, 0.15) is 5.82 Å². The minimum atomic E-state index is -3.01. The normalized spacial score (nSPS) is 15.1. The summed E-state index contributed by atoms with van der Waals surface area (Å²) in [6, 6.07) is 8.22. The van der Waals surface area contributed by atoms with Crippen molar-refractivity contribution in [2.45, 2.75) is 6.61 Å². The van der Waals surface area contributed by atoms with Gasteiger partial charge in [-0.15, -0.1) is 0 Å². The molecule has 9 heteroatoms. The summed E-state index contributed by atoms with van der Waals surface area (Å²) < 4.78 is 53.7. The zero-order valence-corrected chi connectivity index (χ0v) is 15.3. The Morgan fingerprint density at radius 1 is 1.19 bits per heavy atom. The van der Waals surface area contributed by atoms with E-state index in [0.717, 1.165) is 0 Å². The van der Waals surface area contributed by atoms with Gasteiger partial charge in [-0.3, -0.25) is 0 Å². The lowest BCUT2D eigenvalue weighted by molar-refractivity contribution is -0.129. The summed E-state index contributed by atoms with van der Waals surface area (Å²) in [5, 5.41) is 0. The summed E-state index contributed by atoms with van der Waals surface area (Å²) in [5.41, 5.74) is 0.355. The van der Waals surface area contributed by atoms with Crippen molar-refractivity contribution in [2.75, 3.05) is 7.11 Å². The fraction of sp³-hybridized carbons (Fsp3) is 0.111. The molecule has 0 atom stereocenters. The molecule has 0 aliphatic carbocycles. The number of nitrogens with zero attached hydrogens (tertiary/aromatic N) is 1. The number of rotatable bonds is 5. The third-order valence-corrected chi connectivity index (χ3v) is 3.99. The first kappa shape index (κ1) is 19.0. The molecule has 140 valence electrons. The highest BCUT2D eigenvalue weighted by molar-refractivity contribution is 9.10. The molecule has 0 fully saturated rings. The van der Waals surface area contributed by atoms with Crippen LogP contribution >= 0.6 is 15.9 Å². The van der Waals surface area contributed by atoms with Gasteiger partial charge in [-0.1, -0.05) is 15.9 Å². The zero-order valence-electron chi connectivity index (χ0n) is 13.7. The largest absolute Gasteiger partial charge is 0.493 e. The number of aliphatic imine (C=N–C) groups is 1. The first-order valence-electron chi connectivity index (χ1n) is 7.48. The van der Waals surface area contributed by atoms with Crippen molar-refractivity contribution in [1.82, 2.24) is 0 Å². The van der Waals surface area contributed by atoms with Gasteiger partial charge in [-0.25, -0.2) is 14.2 Å². The summed E-state index contributed by atoms with van der Waals surface area (Å²) in [6.07, 6.45) is 1.25. The molecule has 1 heterocycles. The molecule has 5 nitrogen and oxygen atoms in total. The molecule has 0 N–H and O–H groups in total. The number of hydrogen-bond acceptors (Lipinski definition) is 5. The first-order valence-corrected chi connectivity index (χ1v) is 8.27. The number of benzene rings is 2. The van der Waals surface area contributed by atoms with Crippen LogP contribution in [0.2, 0.25) is 0 Å². The SMILES string of the molecule is COc1cc(C2=N/C(=C\c3cc(Br)ccc3F)C(=O)O2)ccc1OC(F)F. The van der Waals surface area contributed by atoms with Gasteiger partial charge in [-0.2, -0.15) is 8.78 Å². The van der Waals surface area contributed by atoms with E-state index in [1.807, 2.05) is 0 Å². The monoisotopic (exact) mass is 441 g/mol. The van der Waals surface area contributed by atoms with Crippen molar-refractivity contribution >= 4 is 33.9 Å². The van der Waals surface area contributed by atoms with Gasteiger partial charge >= 0.3 is 12.6 Å². The number of hydrogen-bond donors (Lipinski definition) is 0. The minimum absolute atomic E-state index is 0.0158. The highest BCUT2D eigenvalue weighted by atomic mass is 79.9. The third-order valence-electron chi connectivity index (χ3n) is 3.50. The molecule has 2 aromatic carbocycles. The molecule has 0 amide bonds. The van der Waals surface area contributed by atoms with Crippen molar-refractivity contribution in [3.8, 4) is 11.5 Å². The maximum absolute atomic E-state index is 13.9. The molecular weight excluding hydrogens is 431 g/mol. The molecule has 0 unspecified atom stereocenters. The molecule has 3 rings (SSSR count). The predicted molar refractivity (Wildman–Crippen MR) is 94.3 cm³/mol. The van der Waals surface area contributed by atoms with E-state index in [2.05, 4.69) is 25.7 Å². The molecule has 27 heavy (non-hydrogen) atoms. The average Bonchev–Trinajstić information content (AvgIpc) is 2.98. The van der Waals surface area contributed by atoms with Crippen molar-refractivity contribution in [1.29, 1.82) is 0 Å². The molecule has 0 saturated carbocycles. The second kappa shape index (κ2) is 7.83. The van der Waals surface area contributed by atoms with E-state index < -0.39 is 18.4 Å². The van der Waals surface area contributed by atoms with Crippen molar-refractivity contribution in [2.24, 2.45) is 4.99 Å². The van der Waals surface area contributed by atoms with Gasteiger partial charge in [0.2, 0.25) is 5.90 Å². The number of carbonyl (C=O) groups excluding carboxylic acids is 1. The average molecular weight is 442 g/mol. The lowest BCUT2D eigenvalue weighted by atomic mass is 10.2. The Kier molecular flexibility index (Phi) is 5.50. The lowest BCUT2D eigenvalue weighted by Gasteiger charge is -2.10. The van der Waals surface area contributed by atoms with E-state index in [0.29, 0.717) is 10.0 Å². The van der Waals surface area contributed by atoms with E-state index in [9.17, 15) is 18.0 Å². The van der Waals surface area contributed by atoms with Gasteiger partial charge < -0.3 is 14.2 Å². The van der Waals surface area contributed by atoms with Gasteiger partial charge in [0.05, 0.1) is 7.11 Å². The smallest absolute Gasteiger partial charge is 0.387 e. The third kappa shape index (κ3) is 4.30. The number of esters is 1. The van der Waals surface area contributed by atoms with Gasteiger partial charge in [-0.05, 0) is 42.5 Å². The molecule has 0 aromatic heterocycles. The van der Waals surface area contributed by atoms with E-state index in [1.165, 1.54) is 49.6 Å². The molecule has 0 bridgehead atoms. The zero-order chi connectivity index (χ0) is 19.6. The lowest BCUT2D eigenvalue weighted by Crippen LogP contribution is -2.07. The van der Waals surface area contributed by atoms with Crippen LogP contribution in [-0.2, 0) is 9.53 Å². The van der Waals surface area contributed by atoms with Crippen molar-refractivity contribution in [3.05, 3.63) is 63.5 Å². The Balaban J connectivity index is 1.94. The summed E-state index contributed by atoms with van der Waals surface area (Å²) >= 11 is 3.22. The van der Waals surface area contributed by atoms with Crippen LogP contribution in [0.5, 0.6) is 11.5 Å². The number of cyclic esters (lactones) is 1. The quantitative estimate of drug-likeness (QED) is 0.504. The summed E-state index contributed by atoms with van der Waals surface area (Å²) in [7, 11) is 1.28. The van der Waals surface area contributed by atoms with Gasteiger partial charge in [0.15, 0.2) is 17.2 Å². The van der Waals surface area contributed by atoms with Crippen LogP contribution in [-0.4, -0.2) is 25.6 Å². The number of methoxy groups -OCH3 is 1. The fourth-order valence-corrected chi connectivity index (χ4v) is 2.68. The van der Waals surface area contributed by atoms with Crippen LogP contribution in [0.3, 0.4) is 0 Å². The molecule has 0 spiro atoms. The van der Waals surface area contributed by atoms with Crippen LogP contribution in [0.1, 0.15) is 11.1 Å². The number of halogens is 4. The maximum atomic E-state index is 13.9. The van der Waals surface area contributed by atoms with E-state index >= 15 is 0 Å². The number of carbonyl (C=O) groups is 1. The van der Waals surface area contributed by atoms with E-state index in [4.69, 9.17) is 9.47 Å². The summed E-state index contributed by atoms with van der Waals surface area (Å²) in [6.45, 7) is -3.01. The molecule has 1 aliphatic heterocycles. The van der Waals surface area contributed by atoms with Crippen LogP contribution in [0, 0.1) is 5.82 Å². The minimum Gasteiger partial charge on any atom is -0.493 e. The highest BCUT2D eigenvalue weighted by Crippen LogP contribution is 2.31. The van der Waals surface area contributed by atoms with Crippen LogP contribution < -0.4 is 9.47 Å². The Hall–Kier alpha value is -2.81. The van der Waals surface area contributed by atoms with Gasteiger partial charge in [0.25, 0.3) is 0 Å². The van der Waals surface area contributed by atoms with Crippen LogP contribution in [0.4, 0.5) is 13.2 Å². The maximum Gasteiger partial charge on any atom is 0.387 e. The van der Waals surface area contributed by atoms with Crippen LogP contribution in [0.15, 0.2) is 51.6 Å². The van der Waals surface area contributed by atoms with Crippen molar-refractivity contribution in [3.63, 3.8) is 0 Å². The molecule has 2 aromatic rings. The first-order chi connectivity index (χ1) is 12.9. The Morgan fingerprint density at radius 2 is 1.96 bits per heavy atom. The fourth-order valence-electron chi connectivity index (χ4n) is 2.30. The topological polar surface area (TPSA) is 57.1 Å². The second-order valence-corrected chi connectivity index (χ2v) is 6.16. The molecule has 0 radical (unpaired) electrons. The Morgan fingerprint density at radius 3 is 2.67 bits per heavy atom. The molecule has 0 saturated heterocycles. The Bertz CT molecular complexity index is 960. The van der Waals surface area contributed by atoms with Crippen LogP contribution in [0.25, 0.3) is 6.08 Å². The number of alkyl halides is 2.